The number of para-hydroxylation sites is 1. The minimum Gasteiger partial charge on any atom is -0.305 e. The van der Waals surface area contributed by atoms with Crippen LogP contribution in [0.15, 0.2) is 24.4 Å². The van der Waals surface area contributed by atoms with E-state index in [1.807, 2.05) is 25.1 Å². The van der Waals surface area contributed by atoms with Crippen molar-refractivity contribution in [2.45, 2.75) is 26.8 Å². The fourth-order valence-electron chi connectivity index (χ4n) is 2.17. The van der Waals surface area contributed by atoms with Crippen LogP contribution in [0, 0.1) is 6.92 Å². The standard InChI is InChI=1S/C14H16ClN3OS/c1-3-11-6-4-5-10(2)14(11)18(13(19)7-15)9-12-8-16-20-17-12/h4-6,8H,3,7,9H2,1-2H3. The molecule has 0 aliphatic heterocycles. The zero-order valence-corrected chi connectivity index (χ0v) is 13.0. The highest BCUT2D eigenvalue weighted by Crippen LogP contribution is 2.27. The highest BCUT2D eigenvalue weighted by Gasteiger charge is 2.20. The van der Waals surface area contributed by atoms with Gasteiger partial charge in [0.15, 0.2) is 0 Å². The van der Waals surface area contributed by atoms with E-state index in [1.54, 1.807) is 11.1 Å². The Morgan fingerprint density at radius 1 is 1.45 bits per heavy atom. The summed E-state index contributed by atoms with van der Waals surface area (Å²) in [5.74, 6) is -0.168. The number of rotatable bonds is 5. The van der Waals surface area contributed by atoms with Gasteiger partial charge >= 0.3 is 0 Å². The van der Waals surface area contributed by atoms with Crippen molar-refractivity contribution in [3.05, 3.63) is 41.2 Å². The van der Waals surface area contributed by atoms with Gasteiger partial charge in [0, 0.05) is 0 Å². The van der Waals surface area contributed by atoms with Gasteiger partial charge in [-0.05, 0) is 24.5 Å². The molecule has 6 heteroatoms. The minimum atomic E-state index is -0.122. The average Bonchev–Trinajstić information content (AvgIpc) is 2.97. The van der Waals surface area contributed by atoms with E-state index in [1.165, 1.54) is 0 Å². The molecule has 106 valence electrons. The first-order valence-corrected chi connectivity index (χ1v) is 7.65. The third kappa shape index (κ3) is 3.16. The molecule has 20 heavy (non-hydrogen) atoms. The van der Waals surface area contributed by atoms with Crippen LogP contribution >= 0.6 is 23.3 Å². The maximum absolute atomic E-state index is 12.2. The third-order valence-corrected chi connectivity index (χ3v) is 3.86. The Hall–Kier alpha value is -1.46. The molecule has 0 unspecified atom stereocenters. The fourth-order valence-corrected chi connectivity index (χ4v) is 2.74. The molecule has 4 nitrogen and oxygen atoms in total. The number of nitrogens with zero attached hydrogens (tertiary/aromatic N) is 3. The molecule has 0 spiro atoms. The molecular formula is C14H16ClN3OS. The normalized spacial score (nSPS) is 10.6. The summed E-state index contributed by atoms with van der Waals surface area (Å²) in [5, 5.41) is 0. The fraction of sp³-hybridized carbons (Fsp3) is 0.357. The molecule has 0 bridgehead atoms. The predicted octanol–water partition coefficient (Wildman–Crippen LogP) is 3.18. The lowest BCUT2D eigenvalue weighted by Crippen LogP contribution is -2.33. The summed E-state index contributed by atoms with van der Waals surface area (Å²) >= 11 is 6.90. The second kappa shape index (κ2) is 6.81. The molecule has 1 aromatic heterocycles. The largest absolute Gasteiger partial charge is 0.305 e. The molecule has 0 aliphatic carbocycles. The zero-order chi connectivity index (χ0) is 14.5. The SMILES string of the molecule is CCc1cccc(C)c1N(Cc1cnsn1)C(=O)CCl. The second-order valence-electron chi connectivity index (χ2n) is 4.45. The highest BCUT2D eigenvalue weighted by molar-refractivity contribution is 6.99. The van der Waals surface area contributed by atoms with Gasteiger partial charge in [-0.1, -0.05) is 25.1 Å². The Labute approximate surface area is 127 Å². The first kappa shape index (κ1) is 14.9. The Morgan fingerprint density at radius 2 is 2.25 bits per heavy atom. The molecule has 0 radical (unpaired) electrons. The third-order valence-electron chi connectivity index (χ3n) is 3.11. The summed E-state index contributed by atoms with van der Waals surface area (Å²) in [6.45, 7) is 4.48. The lowest BCUT2D eigenvalue weighted by Gasteiger charge is -2.25. The van der Waals surface area contributed by atoms with E-state index in [0.29, 0.717) is 6.54 Å². The molecule has 0 aliphatic rings. The van der Waals surface area contributed by atoms with Crippen molar-refractivity contribution in [2.24, 2.45) is 0 Å². The molecule has 0 fully saturated rings. The summed E-state index contributed by atoms with van der Waals surface area (Å²) < 4.78 is 8.16. The van der Waals surface area contributed by atoms with E-state index in [4.69, 9.17) is 11.6 Å². The number of hydrogen-bond donors (Lipinski definition) is 0. The number of halogens is 1. The number of carbonyl (C=O) groups is 1. The number of aromatic nitrogens is 2. The number of hydrogen-bond acceptors (Lipinski definition) is 4. The quantitative estimate of drug-likeness (QED) is 0.797. The van der Waals surface area contributed by atoms with Gasteiger partial charge in [-0.2, -0.15) is 8.75 Å². The van der Waals surface area contributed by atoms with Crippen LogP contribution in [0.1, 0.15) is 23.7 Å². The molecule has 0 saturated carbocycles. The Kier molecular flexibility index (Phi) is 5.09. The highest BCUT2D eigenvalue weighted by atomic mass is 35.5. The van der Waals surface area contributed by atoms with Gasteiger partial charge in [0.1, 0.15) is 5.88 Å². The van der Waals surface area contributed by atoms with E-state index in [0.717, 1.165) is 40.7 Å². The number of alkyl halides is 1. The zero-order valence-electron chi connectivity index (χ0n) is 11.5. The molecule has 2 aromatic rings. The number of aryl methyl sites for hydroxylation is 2. The number of benzene rings is 1. The topological polar surface area (TPSA) is 46.1 Å². The van der Waals surface area contributed by atoms with Crippen LogP contribution in [0.4, 0.5) is 5.69 Å². The first-order chi connectivity index (χ1) is 9.67. The van der Waals surface area contributed by atoms with Crippen molar-refractivity contribution < 1.29 is 4.79 Å². The average molecular weight is 310 g/mol. The molecule has 0 N–H and O–H groups in total. The maximum Gasteiger partial charge on any atom is 0.242 e. The monoisotopic (exact) mass is 309 g/mol. The maximum atomic E-state index is 12.2. The van der Waals surface area contributed by atoms with Crippen LogP contribution in [-0.4, -0.2) is 20.5 Å². The van der Waals surface area contributed by atoms with E-state index in [9.17, 15) is 4.79 Å². The van der Waals surface area contributed by atoms with Crippen molar-refractivity contribution >= 4 is 34.9 Å². The molecular weight excluding hydrogens is 294 g/mol. The summed E-state index contributed by atoms with van der Waals surface area (Å²) in [6.07, 6.45) is 2.54. The van der Waals surface area contributed by atoms with E-state index < -0.39 is 0 Å². The Balaban J connectivity index is 2.43. The second-order valence-corrected chi connectivity index (χ2v) is 5.27. The summed E-state index contributed by atoms with van der Waals surface area (Å²) in [6, 6.07) is 6.05. The van der Waals surface area contributed by atoms with Crippen LogP contribution in [0.5, 0.6) is 0 Å². The summed E-state index contributed by atoms with van der Waals surface area (Å²) in [5.41, 5.74) is 3.91. The Morgan fingerprint density at radius 3 is 2.85 bits per heavy atom. The number of carbonyl (C=O) groups excluding carboxylic acids is 1. The van der Waals surface area contributed by atoms with Gasteiger partial charge in [0.05, 0.1) is 35.9 Å². The van der Waals surface area contributed by atoms with Crippen LogP contribution in [0.2, 0.25) is 0 Å². The van der Waals surface area contributed by atoms with Gasteiger partial charge in [0.25, 0.3) is 0 Å². The van der Waals surface area contributed by atoms with Crippen LogP contribution in [0.3, 0.4) is 0 Å². The van der Waals surface area contributed by atoms with Crippen LogP contribution in [0.25, 0.3) is 0 Å². The minimum absolute atomic E-state index is 0.0466. The van der Waals surface area contributed by atoms with E-state index in [2.05, 4.69) is 15.7 Å². The molecule has 2 rings (SSSR count). The van der Waals surface area contributed by atoms with E-state index in [-0.39, 0.29) is 11.8 Å². The van der Waals surface area contributed by atoms with Crippen molar-refractivity contribution in [2.75, 3.05) is 10.8 Å². The van der Waals surface area contributed by atoms with Crippen LogP contribution < -0.4 is 4.90 Å². The number of anilines is 1. The Bertz CT molecular complexity index is 586. The molecule has 1 heterocycles. The van der Waals surface area contributed by atoms with E-state index >= 15 is 0 Å². The lowest BCUT2D eigenvalue weighted by atomic mass is 10.0. The molecule has 1 amide bonds. The molecule has 0 saturated heterocycles. The molecule has 0 atom stereocenters. The van der Waals surface area contributed by atoms with Crippen LogP contribution in [-0.2, 0) is 17.8 Å². The lowest BCUT2D eigenvalue weighted by molar-refractivity contribution is -0.116. The van der Waals surface area contributed by atoms with Crippen molar-refractivity contribution in [3.63, 3.8) is 0 Å². The predicted molar refractivity (Wildman–Crippen MR) is 82.4 cm³/mol. The van der Waals surface area contributed by atoms with Crippen molar-refractivity contribution in [1.82, 2.24) is 8.75 Å². The van der Waals surface area contributed by atoms with Crippen molar-refractivity contribution in [1.29, 1.82) is 0 Å². The van der Waals surface area contributed by atoms with Gasteiger partial charge in [0.2, 0.25) is 5.91 Å². The van der Waals surface area contributed by atoms with Gasteiger partial charge in [-0.25, -0.2) is 0 Å². The van der Waals surface area contributed by atoms with Gasteiger partial charge < -0.3 is 4.90 Å². The summed E-state index contributed by atoms with van der Waals surface area (Å²) in [4.78, 5) is 13.9. The van der Waals surface area contributed by atoms with Gasteiger partial charge in [-0.3, -0.25) is 4.79 Å². The van der Waals surface area contributed by atoms with Crippen molar-refractivity contribution in [3.8, 4) is 0 Å². The smallest absolute Gasteiger partial charge is 0.242 e. The van der Waals surface area contributed by atoms with Gasteiger partial charge in [-0.15, -0.1) is 11.6 Å². The molecule has 1 aromatic carbocycles. The first-order valence-electron chi connectivity index (χ1n) is 6.38. The number of amides is 1. The summed E-state index contributed by atoms with van der Waals surface area (Å²) in [7, 11) is 0.